The van der Waals surface area contributed by atoms with Crippen molar-refractivity contribution in [2.24, 2.45) is 9.98 Å². The molecule has 34 heavy (non-hydrogen) atoms. The zero-order valence-corrected chi connectivity index (χ0v) is 21.7. The fraction of sp³-hybridized carbons (Fsp3) is 0.458. The van der Waals surface area contributed by atoms with Gasteiger partial charge in [-0.15, -0.1) is 0 Å². The van der Waals surface area contributed by atoms with Crippen LogP contribution in [0.5, 0.6) is 0 Å². The topological polar surface area (TPSA) is 87.6 Å². The lowest BCUT2D eigenvalue weighted by atomic mass is 10.2. The van der Waals surface area contributed by atoms with Crippen molar-refractivity contribution in [1.82, 2.24) is 15.5 Å². The van der Waals surface area contributed by atoms with Crippen molar-refractivity contribution >= 4 is 29.9 Å². The lowest BCUT2D eigenvalue weighted by molar-refractivity contribution is 0.0899. The van der Waals surface area contributed by atoms with E-state index in [-0.39, 0.29) is 5.96 Å². The van der Waals surface area contributed by atoms with Gasteiger partial charge >= 0.3 is 6.03 Å². The number of aliphatic imine (C=N–C) groups is 2. The first kappa shape index (κ1) is 31.2. The van der Waals surface area contributed by atoms with Crippen molar-refractivity contribution in [3.63, 3.8) is 0 Å². The fourth-order valence-corrected chi connectivity index (χ4v) is 2.45. The minimum absolute atomic E-state index is 0.101. The van der Waals surface area contributed by atoms with Gasteiger partial charge in [0, 0.05) is 38.0 Å². The summed E-state index contributed by atoms with van der Waals surface area (Å²) in [5.74, 6) is -0.520. The van der Waals surface area contributed by atoms with E-state index in [1.807, 2.05) is 32.9 Å². The molecule has 0 atom stereocenters. The number of benzene rings is 1. The number of hydrogen-bond donors (Lipinski definition) is 2. The monoisotopic (exact) mass is 497 g/mol. The molecule has 0 heterocycles. The molecule has 0 aliphatic carbocycles. The Morgan fingerprint density at radius 3 is 2.44 bits per heavy atom. The van der Waals surface area contributed by atoms with Gasteiger partial charge in [0.05, 0.1) is 19.3 Å². The van der Waals surface area contributed by atoms with Crippen LogP contribution in [0.25, 0.3) is 0 Å². The molecular weight excluding hydrogens is 461 g/mol. The quantitative estimate of drug-likeness (QED) is 0.208. The van der Waals surface area contributed by atoms with Gasteiger partial charge in [0.15, 0.2) is 0 Å². The minimum atomic E-state index is -0.621. The summed E-state index contributed by atoms with van der Waals surface area (Å²) in [5.41, 5.74) is 1.33. The highest BCUT2D eigenvalue weighted by atomic mass is 35.5. The zero-order valence-electron chi connectivity index (χ0n) is 20.9. The highest BCUT2D eigenvalue weighted by molar-refractivity contribution is 6.30. The number of carbonyl (C=O) groups excluding carboxylic acids is 1. The van der Waals surface area contributed by atoms with E-state index in [4.69, 9.17) is 21.1 Å². The maximum atomic E-state index is 13.0. The second-order valence-corrected chi connectivity index (χ2v) is 7.74. The van der Waals surface area contributed by atoms with Gasteiger partial charge in [-0.1, -0.05) is 30.3 Å². The Bertz CT molecular complexity index is 826. The Balaban J connectivity index is 0.00000160. The van der Waals surface area contributed by atoms with E-state index in [9.17, 15) is 9.18 Å². The number of nitrogens with zero attached hydrogens (tertiary/aromatic N) is 3. The van der Waals surface area contributed by atoms with E-state index in [0.29, 0.717) is 36.5 Å². The molecule has 1 aromatic carbocycles. The smallest absolute Gasteiger partial charge is 0.324 e. The molecule has 0 saturated heterocycles. The molecule has 0 bridgehead atoms. The van der Waals surface area contributed by atoms with Crippen molar-refractivity contribution in [3.05, 3.63) is 59.0 Å². The summed E-state index contributed by atoms with van der Waals surface area (Å²) in [6.45, 7) is 12.9. The minimum Gasteiger partial charge on any atom is -0.383 e. The summed E-state index contributed by atoms with van der Waals surface area (Å²) in [7, 11) is 3.21. The third-order valence-corrected chi connectivity index (χ3v) is 4.04. The van der Waals surface area contributed by atoms with Gasteiger partial charge in [0.25, 0.3) is 0 Å². The molecular formula is C24H37ClFN5O3. The van der Waals surface area contributed by atoms with E-state index < -0.39 is 11.9 Å². The van der Waals surface area contributed by atoms with Crippen LogP contribution in [0.4, 0.5) is 9.18 Å². The first-order valence-electron chi connectivity index (χ1n) is 10.8. The highest BCUT2D eigenvalue weighted by Crippen LogP contribution is 2.11. The average molecular weight is 498 g/mol. The largest absolute Gasteiger partial charge is 0.383 e. The first-order chi connectivity index (χ1) is 16.1. The van der Waals surface area contributed by atoms with E-state index in [2.05, 4.69) is 27.2 Å². The number of ether oxygens (including phenoxy) is 2. The number of rotatable bonds is 10. The molecule has 0 aliphatic heterocycles. The van der Waals surface area contributed by atoms with Gasteiger partial charge in [-0.3, -0.25) is 10.3 Å². The highest BCUT2D eigenvalue weighted by Gasteiger charge is 2.12. The lowest BCUT2D eigenvalue weighted by Gasteiger charge is -2.19. The summed E-state index contributed by atoms with van der Waals surface area (Å²) >= 11 is 5.87. The maximum Gasteiger partial charge on any atom is 0.324 e. The lowest BCUT2D eigenvalue weighted by Crippen LogP contribution is -2.45. The Kier molecular flexibility index (Phi) is 17.1. The third-order valence-electron chi connectivity index (χ3n) is 3.79. The van der Waals surface area contributed by atoms with Gasteiger partial charge in [-0.05, 0) is 51.5 Å². The van der Waals surface area contributed by atoms with Crippen LogP contribution in [0.3, 0.4) is 0 Å². The molecule has 2 N–H and O–H groups in total. The number of methoxy groups -OCH3 is 1. The van der Waals surface area contributed by atoms with Crippen molar-refractivity contribution < 1.29 is 18.7 Å². The number of hydrogen-bond acceptors (Lipinski definition) is 4. The van der Waals surface area contributed by atoms with Crippen molar-refractivity contribution in [2.45, 2.75) is 40.3 Å². The van der Waals surface area contributed by atoms with Crippen LogP contribution >= 0.6 is 11.6 Å². The Hall–Kier alpha value is -2.75. The van der Waals surface area contributed by atoms with E-state index in [1.54, 1.807) is 33.2 Å². The Morgan fingerprint density at radius 1 is 1.29 bits per heavy atom. The summed E-state index contributed by atoms with van der Waals surface area (Å²) < 4.78 is 22.9. The van der Waals surface area contributed by atoms with E-state index in [0.717, 1.165) is 12.2 Å². The van der Waals surface area contributed by atoms with Crippen molar-refractivity contribution in [1.29, 1.82) is 0 Å². The molecule has 0 unspecified atom stereocenters. The number of nitrogens with one attached hydrogen (secondary N) is 2. The van der Waals surface area contributed by atoms with Crippen molar-refractivity contribution in [2.75, 3.05) is 33.9 Å². The van der Waals surface area contributed by atoms with Gasteiger partial charge in [0.1, 0.15) is 12.2 Å². The van der Waals surface area contributed by atoms with Crippen LogP contribution in [0, 0.1) is 0 Å². The molecule has 0 aliphatic rings. The standard InChI is InChI=1S/C19H25ClFN5O2.C5H12O/c1-14(21)11-15(2)24-18(23-13-22-9-10-28-4)25-19(27)26(3)12-16-5-7-17(20)8-6-16;1-4-6-5(2)3/h5-8,11,13H,1,9-10,12H2,2-4H3,(H2,22,23,24,25,27);5H,4H2,1-3H3/b15-11+;. The average Bonchev–Trinajstić information content (AvgIpc) is 2.74. The number of carbonyl (C=O) groups is 1. The molecule has 1 aromatic rings. The molecule has 0 radical (unpaired) electrons. The van der Waals surface area contributed by atoms with Gasteiger partial charge < -0.3 is 19.7 Å². The Morgan fingerprint density at radius 2 is 1.94 bits per heavy atom. The molecule has 10 heteroatoms. The van der Waals surface area contributed by atoms with Crippen LogP contribution in [-0.4, -0.2) is 63.2 Å². The van der Waals surface area contributed by atoms with E-state index in [1.165, 1.54) is 17.3 Å². The summed E-state index contributed by atoms with van der Waals surface area (Å²) in [6, 6.07) is 6.78. The summed E-state index contributed by atoms with van der Waals surface area (Å²) in [4.78, 5) is 22.0. The number of allylic oxidation sites excluding steroid dienone is 3. The molecule has 190 valence electrons. The summed E-state index contributed by atoms with van der Waals surface area (Å²) in [5, 5.41) is 6.06. The fourth-order valence-electron chi connectivity index (χ4n) is 2.32. The maximum absolute atomic E-state index is 13.0. The normalized spacial score (nSPS) is 11.8. The predicted molar refractivity (Wildman–Crippen MR) is 138 cm³/mol. The number of halogens is 2. The number of guanidine groups is 1. The molecule has 0 aromatic heterocycles. The SMILES string of the molecule is C=C(F)/C=C(\C)NC(=NC=NCCOC)NC(=O)N(C)Cc1ccc(Cl)cc1.CCOC(C)C. The van der Waals surface area contributed by atoms with Crippen LogP contribution in [-0.2, 0) is 16.0 Å². The Labute approximate surface area is 207 Å². The molecule has 1 rings (SSSR count). The first-order valence-corrected chi connectivity index (χ1v) is 11.2. The van der Waals surface area contributed by atoms with Gasteiger partial charge in [-0.2, -0.15) is 0 Å². The van der Waals surface area contributed by atoms with Crippen molar-refractivity contribution in [3.8, 4) is 0 Å². The molecule has 0 saturated carbocycles. The van der Waals surface area contributed by atoms with Crippen LogP contribution in [0.15, 0.2) is 58.4 Å². The third kappa shape index (κ3) is 16.8. The van der Waals surface area contributed by atoms with Crippen LogP contribution < -0.4 is 10.6 Å². The molecule has 0 spiro atoms. The van der Waals surface area contributed by atoms with Crippen LogP contribution in [0.1, 0.15) is 33.3 Å². The molecule has 8 nitrogen and oxygen atoms in total. The van der Waals surface area contributed by atoms with E-state index >= 15 is 0 Å². The predicted octanol–water partition coefficient (Wildman–Crippen LogP) is 4.92. The second kappa shape index (κ2) is 18.7. The second-order valence-electron chi connectivity index (χ2n) is 7.31. The van der Waals surface area contributed by atoms with Gasteiger partial charge in [0.2, 0.25) is 5.96 Å². The molecule has 2 amide bonds. The van der Waals surface area contributed by atoms with Gasteiger partial charge in [-0.25, -0.2) is 14.2 Å². The summed E-state index contributed by atoms with van der Waals surface area (Å²) in [6.07, 6.45) is 2.87. The van der Waals surface area contributed by atoms with Crippen LogP contribution in [0.2, 0.25) is 5.02 Å². The number of urea groups is 1. The molecule has 0 fully saturated rings. The zero-order chi connectivity index (χ0) is 25.9. The number of amides is 2.